The van der Waals surface area contributed by atoms with Gasteiger partial charge in [0.1, 0.15) is 11.8 Å². The number of hydrogen-bond acceptors (Lipinski definition) is 5. The molecule has 2 aromatic rings. The van der Waals surface area contributed by atoms with Gasteiger partial charge in [-0.1, -0.05) is 36.4 Å². The van der Waals surface area contributed by atoms with E-state index in [0.717, 1.165) is 28.7 Å². The van der Waals surface area contributed by atoms with Gasteiger partial charge in [-0.15, -0.1) is 0 Å². The number of halogens is 1. The van der Waals surface area contributed by atoms with Crippen molar-refractivity contribution in [2.75, 3.05) is 13.7 Å². The lowest BCUT2D eigenvalue weighted by atomic mass is 9.95. The zero-order valence-corrected chi connectivity index (χ0v) is 15.1. The molecule has 1 saturated heterocycles. The average molecular weight is 360 g/mol. The molecule has 3 heterocycles. The number of methoxy groups -OCH3 is 1. The number of rotatable bonds is 3. The van der Waals surface area contributed by atoms with Gasteiger partial charge in [0, 0.05) is 28.6 Å². The quantitative estimate of drug-likeness (QED) is 0.817. The summed E-state index contributed by atoms with van der Waals surface area (Å²) in [7, 11) is 1.70. The van der Waals surface area contributed by atoms with E-state index in [1.165, 1.54) is 0 Å². The number of pyridine rings is 1. The van der Waals surface area contributed by atoms with E-state index in [2.05, 4.69) is 16.8 Å². The summed E-state index contributed by atoms with van der Waals surface area (Å²) in [6, 6.07) is 11.8. The van der Waals surface area contributed by atoms with E-state index < -0.39 is 0 Å². The second-order valence-corrected chi connectivity index (χ2v) is 7.87. The van der Waals surface area contributed by atoms with E-state index in [9.17, 15) is 0 Å². The second kappa shape index (κ2) is 6.30. The molecule has 0 N–H and O–H groups in total. The molecule has 6 heteroatoms. The molecule has 1 aromatic heterocycles. The fourth-order valence-electron chi connectivity index (χ4n) is 3.39. The minimum Gasteiger partial charge on any atom is -0.496 e. The number of benzene rings is 1. The second-order valence-electron chi connectivity index (χ2n) is 6.02. The Morgan fingerprint density at radius 3 is 2.92 bits per heavy atom. The molecule has 0 saturated carbocycles. The third-order valence-electron chi connectivity index (χ3n) is 4.39. The molecule has 1 fully saturated rings. The molecule has 1 aromatic carbocycles. The van der Waals surface area contributed by atoms with Crippen molar-refractivity contribution in [2.24, 2.45) is 4.99 Å². The Hall–Kier alpha value is -1.72. The first-order valence-electron chi connectivity index (χ1n) is 7.93. The van der Waals surface area contributed by atoms with Gasteiger partial charge in [-0.25, -0.2) is 0 Å². The number of hydrogen-bond donors (Lipinski definition) is 0. The van der Waals surface area contributed by atoms with E-state index in [1.54, 1.807) is 7.11 Å². The summed E-state index contributed by atoms with van der Waals surface area (Å²) in [4.78, 5) is 11.9. The Bertz CT molecular complexity index is 783. The highest BCUT2D eigenvalue weighted by atomic mass is 35.5. The molecule has 124 valence electrons. The molecule has 0 bridgehead atoms. The van der Waals surface area contributed by atoms with Crippen LogP contribution >= 0.6 is 23.4 Å². The Morgan fingerprint density at radius 1 is 1.29 bits per heavy atom. The van der Waals surface area contributed by atoms with Crippen molar-refractivity contribution in [3.63, 3.8) is 0 Å². The van der Waals surface area contributed by atoms with Crippen LogP contribution in [0.15, 0.2) is 47.6 Å². The summed E-state index contributed by atoms with van der Waals surface area (Å²) in [5, 5.41) is 2.32. The molecule has 2 aliphatic heterocycles. The van der Waals surface area contributed by atoms with Crippen LogP contribution in [0.3, 0.4) is 0 Å². The van der Waals surface area contributed by atoms with Gasteiger partial charge in [0.25, 0.3) is 0 Å². The maximum atomic E-state index is 6.29. The van der Waals surface area contributed by atoms with Crippen molar-refractivity contribution in [1.82, 2.24) is 9.88 Å². The van der Waals surface area contributed by atoms with Crippen molar-refractivity contribution in [1.29, 1.82) is 0 Å². The van der Waals surface area contributed by atoms with Crippen LogP contribution in [-0.2, 0) is 0 Å². The number of nitrogens with zero attached hydrogens (tertiary/aromatic N) is 3. The van der Waals surface area contributed by atoms with Crippen LogP contribution in [0.2, 0.25) is 5.02 Å². The standard InChI is InChI=1S/C18H18ClN3OS/c1-11-10-22-17(13-9-12(19)6-7-15(13)23-2)16(21-18(22)24-11)14-5-3-4-8-20-14/h3-9,11,16-17H,10H2,1-2H3/t11-,16+,17-/m1/s1. The minimum absolute atomic E-state index is 0.0476. The summed E-state index contributed by atoms with van der Waals surface area (Å²) in [5.41, 5.74) is 2.04. The molecule has 2 aliphatic rings. The molecule has 0 radical (unpaired) electrons. The van der Waals surface area contributed by atoms with Crippen LogP contribution in [0.25, 0.3) is 0 Å². The van der Waals surface area contributed by atoms with Gasteiger partial charge in [-0.05, 0) is 30.3 Å². The first-order chi connectivity index (χ1) is 11.7. The van der Waals surface area contributed by atoms with Gasteiger partial charge in [-0.2, -0.15) is 0 Å². The maximum absolute atomic E-state index is 6.29. The van der Waals surface area contributed by atoms with Gasteiger partial charge in [-0.3, -0.25) is 9.98 Å². The summed E-state index contributed by atoms with van der Waals surface area (Å²) in [5.74, 6) is 0.839. The van der Waals surface area contributed by atoms with Crippen LogP contribution < -0.4 is 4.74 Å². The maximum Gasteiger partial charge on any atom is 0.160 e. The minimum atomic E-state index is -0.0476. The lowest BCUT2D eigenvalue weighted by Gasteiger charge is -2.28. The van der Waals surface area contributed by atoms with Gasteiger partial charge in [0.05, 0.1) is 18.8 Å². The largest absolute Gasteiger partial charge is 0.496 e. The van der Waals surface area contributed by atoms with Crippen molar-refractivity contribution in [2.45, 2.75) is 24.3 Å². The molecule has 0 aliphatic carbocycles. The van der Waals surface area contributed by atoms with Crippen molar-refractivity contribution < 1.29 is 4.74 Å². The van der Waals surface area contributed by atoms with Gasteiger partial charge in [0.15, 0.2) is 5.17 Å². The lowest BCUT2D eigenvalue weighted by molar-refractivity contribution is 0.307. The number of aliphatic imine (C=N–C) groups is 1. The molecular weight excluding hydrogens is 342 g/mol. The van der Waals surface area contributed by atoms with Gasteiger partial charge in [0.2, 0.25) is 0 Å². The van der Waals surface area contributed by atoms with Crippen molar-refractivity contribution in [3.05, 3.63) is 58.9 Å². The zero-order chi connectivity index (χ0) is 16.7. The number of amidine groups is 1. The van der Waals surface area contributed by atoms with Crippen molar-refractivity contribution >= 4 is 28.5 Å². The Labute approximate surface area is 150 Å². The van der Waals surface area contributed by atoms with E-state index in [0.29, 0.717) is 10.3 Å². The Kier molecular flexibility index (Phi) is 4.14. The number of aromatic nitrogens is 1. The normalized spacial score (nSPS) is 25.5. The van der Waals surface area contributed by atoms with Crippen LogP contribution in [-0.4, -0.2) is 34.0 Å². The first-order valence-corrected chi connectivity index (χ1v) is 9.18. The summed E-state index contributed by atoms with van der Waals surface area (Å²) in [6.45, 7) is 3.20. The smallest absolute Gasteiger partial charge is 0.160 e. The molecular formula is C18H18ClN3OS. The average Bonchev–Trinajstić information content (AvgIpc) is 3.11. The topological polar surface area (TPSA) is 37.7 Å². The van der Waals surface area contributed by atoms with E-state index in [4.69, 9.17) is 21.3 Å². The third kappa shape index (κ3) is 2.66. The summed E-state index contributed by atoms with van der Waals surface area (Å²) < 4.78 is 5.61. The Morgan fingerprint density at radius 2 is 2.17 bits per heavy atom. The third-order valence-corrected chi connectivity index (χ3v) is 5.73. The molecule has 0 amide bonds. The van der Waals surface area contributed by atoms with E-state index in [-0.39, 0.29) is 12.1 Å². The number of ether oxygens (including phenoxy) is 1. The predicted octanol–water partition coefficient (Wildman–Crippen LogP) is 4.33. The van der Waals surface area contributed by atoms with Crippen LogP contribution in [0.1, 0.15) is 30.3 Å². The predicted molar refractivity (Wildman–Crippen MR) is 98.9 cm³/mol. The summed E-state index contributed by atoms with van der Waals surface area (Å²) >= 11 is 8.11. The molecule has 3 atom stereocenters. The molecule has 24 heavy (non-hydrogen) atoms. The lowest BCUT2D eigenvalue weighted by Crippen LogP contribution is -2.28. The van der Waals surface area contributed by atoms with Crippen molar-refractivity contribution in [3.8, 4) is 5.75 Å². The van der Waals surface area contributed by atoms with Crippen LogP contribution in [0, 0.1) is 0 Å². The SMILES string of the molecule is COc1ccc(Cl)cc1[C@@H]1[C@H](c2ccccn2)N=C2S[C@H](C)CN21. The van der Waals surface area contributed by atoms with Crippen LogP contribution in [0.5, 0.6) is 5.75 Å². The first kappa shape index (κ1) is 15.8. The molecule has 0 unspecified atom stereocenters. The number of fused-ring (bicyclic) bond motifs is 1. The van der Waals surface area contributed by atoms with Crippen LogP contribution in [0.4, 0.5) is 0 Å². The van der Waals surface area contributed by atoms with Gasteiger partial charge >= 0.3 is 0 Å². The monoisotopic (exact) mass is 359 g/mol. The fourth-order valence-corrected chi connectivity index (χ4v) is 4.66. The zero-order valence-electron chi connectivity index (χ0n) is 13.5. The molecule has 4 rings (SSSR count). The van der Waals surface area contributed by atoms with E-state index >= 15 is 0 Å². The molecule has 0 spiro atoms. The van der Waals surface area contributed by atoms with Gasteiger partial charge < -0.3 is 9.64 Å². The summed E-state index contributed by atoms with van der Waals surface area (Å²) in [6.07, 6.45) is 1.82. The highest BCUT2D eigenvalue weighted by Crippen LogP contribution is 2.49. The number of thioether (sulfide) groups is 1. The van der Waals surface area contributed by atoms with E-state index in [1.807, 2.05) is 54.4 Å². The molecule has 4 nitrogen and oxygen atoms in total. The highest BCUT2D eigenvalue weighted by molar-refractivity contribution is 8.14. The highest BCUT2D eigenvalue weighted by Gasteiger charge is 2.44. The Balaban J connectivity index is 1.83. The fraction of sp³-hybridized carbons (Fsp3) is 0.333.